The number of rotatable bonds is 7. The molecule has 1 aromatic rings. The third kappa shape index (κ3) is 8.34. The molecular formula is C19H30N2. The van der Waals surface area contributed by atoms with Crippen LogP contribution < -0.4 is 5.43 Å². The molecule has 0 spiro atoms. The predicted molar refractivity (Wildman–Crippen MR) is 95.9 cm³/mol. The lowest BCUT2D eigenvalue weighted by molar-refractivity contribution is 0.585. The Morgan fingerprint density at radius 3 is 2.14 bits per heavy atom. The second kappa shape index (κ2) is 12.2. The largest absolute Gasteiger partial charge is 0.278 e. The molecule has 0 saturated heterocycles. The number of hydrazone groups is 1. The number of fused-ring (bicyclic) bond motifs is 1. The summed E-state index contributed by atoms with van der Waals surface area (Å²) in [4.78, 5) is 0. The summed E-state index contributed by atoms with van der Waals surface area (Å²) in [6.45, 7) is 4.54. The summed E-state index contributed by atoms with van der Waals surface area (Å²) in [5.41, 5.74) is 5.16. The molecule has 1 heterocycles. The van der Waals surface area contributed by atoms with Gasteiger partial charge in [-0.15, -0.1) is 0 Å². The highest BCUT2D eigenvalue weighted by molar-refractivity contribution is 5.83. The van der Waals surface area contributed by atoms with E-state index in [2.05, 4.69) is 24.4 Å². The smallest absolute Gasteiger partial charge is 0.0634 e. The molecule has 1 N–H and O–H groups in total. The molecule has 0 atom stereocenters. The van der Waals surface area contributed by atoms with Crippen LogP contribution in [0.3, 0.4) is 0 Å². The summed E-state index contributed by atoms with van der Waals surface area (Å²) in [5.74, 6) is 0. The van der Waals surface area contributed by atoms with Gasteiger partial charge in [0.25, 0.3) is 0 Å². The lowest BCUT2D eigenvalue weighted by Gasteiger charge is -2.00. The molecule has 116 valence electrons. The number of benzene rings is 1. The minimum atomic E-state index is 1.05. The van der Waals surface area contributed by atoms with Crippen LogP contribution in [0, 0.1) is 0 Å². The highest BCUT2D eigenvalue weighted by atomic mass is 15.3. The van der Waals surface area contributed by atoms with Crippen molar-refractivity contribution >= 4 is 18.0 Å². The lowest BCUT2D eigenvalue weighted by Crippen LogP contribution is -1.87. The van der Waals surface area contributed by atoms with Gasteiger partial charge >= 0.3 is 0 Å². The molecule has 0 unspecified atom stereocenters. The number of nitrogens with one attached hydrogen (secondary N) is 1. The summed E-state index contributed by atoms with van der Waals surface area (Å²) in [6.07, 6.45) is 17.1. The van der Waals surface area contributed by atoms with Crippen LogP contribution in [0.15, 0.2) is 35.4 Å². The van der Waals surface area contributed by atoms with Crippen LogP contribution in [0.2, 0.25) is 0 Å². The number of nitrogens with zero attached hydrogens (tertiary/aromatic N) is 1. The van der Waals surface area contributed by atoms with Gasteiger partial charge in [-0.2, -0.15) is 5.10 Å². The Kier molecular flexibility index (Phi) is 10.1. The van der Waals surface area contributed by atoms with Gasteiger partial charge in [0.2, 0.25) is 0 Å². The molecule has 2 rings (SSSR count). The summed E-state index contributed by atoms with van der Waals surface area (Å²) < 4.78 is 0. The lowest BCUT2D eigenvalue weighted by atomic mass is 10.1. The zero-order valence-corrected chi connectivity index (χ0v) is 13.6. The topological polar surface area (TPSA) is 24.4 Å². The molecule has 0 saturated carbocycles. The Bertz CT molecular complexity index is 413. The van der Waals surface area contributed by atoms with E-state index in [9.17, 15) is 0 Å². The fraction of sp³-hybridized carbons (Fsp3) is 0.526. The van der Waals surface area contributed by atoms with Gasteiger partial charge in [-0.1, -0.05) is 89.5 Å². The van der Waals surface area contributed by atoms with E-state index in [1.165, 1.54) is 56.9 Å². The first kappa shape index (κ1) is 17.5. The average molecular weight is 286 g/mol. The van der Waals surface area contributed by atoms with E-state index in [1.54, 1.807) is 6.21 Å². The number of hydrogen-bond donors (Lipinski definition) is 1. The number of allylic oxidation sites excluding steroid dienone is 1. The first-order valence-electron chi connectivity index (χ1n) is 8.43. The van der Waals surface area contributed by atoms with Crippen molar-refractivity contribution in [2.45, 2.75) is 65.2 Å². The third-order valence-electron chi connectivity index (χ3n) is 3.54. The van der Waals surface area contributed by atoms with Gasteiger partial charge in [-0.05, 0) is 17.7 Å². The minimum Gasteiger partial charge on any atom is -0.278 e. The van der Waals surface area contributed by atoms with E-state index in [4.69, 9.17) is 0 Å². The second-order valence-electron chi connectivity index (χ2n) is 5.46. The number of para-hydroxylation sites is 1. The van der Waals surface area contributed by atoms with Crippen LogP contribution in [0.25, 0.3) is 6.08 Å². The van der Waals surface area contributed by atoms with Gasteiger partial charge in [0.05, 0.1) is 5.69 Å². The number of hydrogen-bond acceptors (Lipinski definition) is 2. The highest BCUT2D eigenvalue weighted by Crippen LogP contribution is 2.17. The maximum Gasteiger partial charge on any atom is 0.0634 e. The maximum absolute atomic E-state index is 3.95. The van der Waals surface area contributed by atoms with E-state index in [-0.39, 0.29) is 0 Å². The molecule has 2 nitrogen and oxygen atoms in total. The molecular weight excluding hydrogens is 256 g/mol. The first-order chi connectivity index (χ1) is 10.4. The van der Waals surface area contributed by atoms with Crippen LogP contribution in [0.5, 0.6) is 0 Å². The van der Waals surface area contributed by atoms with Crippen molar-refractivity contribution in [2.24, 2.45) is 5.10 Å². The quantitative estimate of drug-likeness (QED) is 0.588. The van der Waals surface area contributed by atoms with Crippen molar-refractivity contribution in [2.75, 3.05) is 5.43 Å². The van der Waals surface area contributed by atoms with E-state index in [0.717, 1.165) is 5.69 Å². The molecule has 0 aliphatic carbocycles. The summed E-state index contributed by atoms with van der Waals surface area (Å²) in [7, 11) is 0. The van der Waals surface area contributed by atoms with Crippen LogP contribution >= 0.6 is 0 Å². The van der Waals surface area contributed by atoms with E-state index < -0.39 is 0 Å². The van der Waals surface area contributed by atoms with Crippen molar-refractivity contribution in [3.05, 3.63) is 35.9 Å². The first-order valence-corrected chi connectivity index (χ1v) is 8.43. The zero-order valence-electron chi connectivity index (χ0n) is 13.6. The van der Waals surface area contributed by atoms with Crippen molar-refractivity contribution < 1.29 is 0 Å². The van der Waals surface area contributed by atoms with Crippen LogP contribution in [0.4, 0.5) is 5.69 Å². The van der Waals surface area contributed by atoms with Crippen molar-refractivity contribution in [1.29, 1.82) is 0 Å². The molecule has 1 aliphatic rings. The molecule has 1 aliphatic heterocycles. The van der Waals surface area contributed by atoms with Gasteiger partial charge in [0, 0.05) is 6.21 Å². The van der Waals surface area contributed by atoms with Crippen molar-refractivity contribution in [1.82, 2.24) is 0 Å². The molecule has 1 aromatic carbocycles. The van der Waals surface area contributed by atoms with Crippen LogP contribution in [-0.4, -0.2) is 6.21 Å². The van der Waals surface area contributed by atoms with E-state index >= 15 is 0 Å². The van der Waals surface area contributed by atoms with E-state index in [0.29, 0.717) is 0 Å². The van der Waals surface area contributed by atoms with Crippen molar-refractivity contribution in [3.8, 4) is 0 Å². The summed E-state index contributed by atoms with van der Waals surface area (Å²) >= 11 is 0. The Morgan fingerprint density at radius 1 is 0.857 bits per heavy atom. The van der Waals surface area contributed by atoms with Crippen LogP contribution in [0.1, 0.15) is 70.8 Å². The summed E-state index contributed by atoms with van der Waals surface area (Å²) in [6, 6.07) is 8.05. The monoisotopic (exact) mass is 286 g/mol. The molecule has 0 aromatic heterocycles. The number of anilines is 1. The Balaban J connectivity index is 0.000000212. The normalized spacial score (nSPS) is 11.9. The zero-order chi connectivity index (χ0) is 15.2. The number of unbranched alkanes of at least 4 members (excludes halogenated alkanes) is 7. The molecule has 0 amide bonds. The maximum atomic E-state index is 3.95. The Morgan fingerprint density at radius 2 is 1.48 bits per heavy atom. The molecule has 21 heavy (non-hydrogen) atoms. The molecule has 0 radical (unpaired) electrons. The van der Waals surface area contributed by atoms with Crippen LogP contribution in [-0.2, 0) is 0 Å². The predicted octanol–water partition coefficient (Wildman–Crippen LogP) is 6.26. The molecule has 0 bridgehead atoms. The van der Waals surface area contributed by atoms with Crippen molar-refractivity contribution in [3.63, 3.8) is 0 Å². The summed E-state index contributed by atoms with van der Waals surface area (Å²) in [5, 5.41) is 3.95. The molecule has 0 fully saturated rings. The van der Waals surface area contributed by atoms with Gasteiger partial charge in [0.1, 0.15) is 0 Å². The van der Waals surface area contributed by atoms with Gasteiger partial charge in [-0.25, -0.2) is 0 Å². The minimum absolute atomic E-state index is 1.05. The standard InChI is InChI=1S/C10H22.C9H8N2/c1-3-5-7-9-10-8-6-4-2;1-2-6-9-8(4-1)5-3-7-10-11-9/h3-10H2,1-2H3;1-7,11H. The van der Waals surface area contributed by atoms with Gasteiger partial charge < -0.3 is 0 Å². The second-order valence-corrected chi connectivity index (χ2v) is 5.46. The SMILES string of the molecule is C1=Cc2ccccc2NN=C1.CCCCCCCCCC. The molecule has 2 heteroatoms. The fourth-order valence-electron chi connectivity index (χ4n) is 2.25. The van der Waals surface area contributed by atoms with Gasteiger partial charge in [0.15, 0.2) is 0 Å². The highest BCUT2D eigenvalue weighted by Gasteiger charge is 1.96. The van der Waals surface area contributed by atoms with Gasteiger partial charge in [-0.3, -0.25) is 5.43 Å². The third-order valence-corrected chi connectivity index (χ3v) is 3.54. The fourth-order valence-corrected chi connectivity index (χ4v) is 2.25. The average Bonchev–Trinajstić information content (AvgIpc) is 2.77. The Hall–Kier alpha value is -1.57. The van der Waals surface area contributed by atoms with E-state index in [1.807, 2.05) is 36.4 Å². The Labute approximate surface area is 130 Å².